The molecule has 0 aliphatic carbocycles. The third-order valence-corrected chi connectivity index (χ3v) is 3.46. The Kier molecular flexibility index (Phi) is 5.16. The Hall–Kier alpha value is -3.36. The van der Waals surface area contributed by atoms with Gasteiger partial charge in [-0.2, -0.15) is 0 Å². The molecule has 26 heavy (non-hydrogen) atoms. The molecule has 0 atom stereocenters. The van der Waals surface area contributed by atoms with E-state index >= 15 is 0 Å². The Labute approximate surface area is 146 Å². The second-order valence-electron chi connectivity index (χ2n) is 5.33. The van der Waals surface area contributed by atoms with Crippen molar-refractivity contribution in [3.63, 3.8) is 0 Å². The summed E-state index contributed by atoms with van der Waals surface area (Å²) in [5.41, 5.74) is 7.53. The number of carbonyl (C=O) groups excluding carboxylic acids is 1. The van der Waals surface area contributed by atoms with Crippen molar-refractivity contribution in [1.29, 1.82) is 0 Å². The third kappa shape index (κ3) is 3.82. The highest BCUT2D eigenvalue weighted by Gasteiger charge is 2.11. The number of carbonyl (C=O) groups is 1. The van der Waals surface area contributed by atoms with E-state index in [2.05, 4.69) is 19.9 Å². The molecule has 0 bridgehead atoms. The number of ether oxygens (including phenoxy) is 1. The Bertz CT molecular complexity index is 971. The lowest BCUT2D eigenvalue weighted by molar-refractivity contribution is -0.113. The van der Waals surface area contributed by atoms with Crippen LogP contribution in [0.2, 0.25) is 0 Å². The van der Waals surface area contributed by atoms with E-state index in [1.807, 2.05) is 0 Å². The number of H-pyrrole nitrogens is 1. The number of fused-ring (bicyclic) bond motifs is 1. The molecule has 0 aromatic carbocycles. The van der Waals surface area contributed by atoms with Crippen molar-refractivity contribution in [1.82, 2.24) is 19.9 Å². The van der Waals surface area contributed by atoms with Gasteiger partial charge >= 0.3 is 0 Å². The average molecular weight is 359 g/mol. The highest BCUT2D eigenvalue weighted by atomic mass is 19.1. The normalized spacial score (nSPS) is 11.3. The summed E-state index contributed by atoms with van der Waals surface area (Å²) < 4.78 is 31.3. The van der Waals surface area contributed by atoms with Gasteiger partial charge in [0.1, 0.15) is 5.52 Å². The second-order valence-corrected chi connectivity index (χ2v) is 5.33. The van der Waals surface area contributed by atoms with Crippen LogP contribution in [0.15, 0.2) is 30.7 Å². The van der Waals surface area contributed by atoms with E-state index in [4.69, 9.17) is 10.5 Å². The number of nitrogens with two attached hydrogens (primary N) is 1. The molecule has 1 amide bonds. The molecule has 0 spiro atoms. The maximum Gasteiger partial charge on any atom is 0.250 e. The Morgan fingerprint density at radius 2 is 2.19 bits per heavy atom. The van der Waals surface area contributed by atoms with Crippen molar-refractivity contribution in [2.75, 3.05) is 13.3 Å². The number of nitrogens with one attached hydrogen (secondary N) is 1. The number of nitrogens with zero attached hydrogens (tertiary/aromatic N) is 3. The van der Waals surface area contributed by atoms with E-state index in [1.165, 1.54) is 30.6 Å². The van der Waals surface area contributed by atoms with E-state index in [0.29, 0.717) is 28.0 Å². The minimum Gasteiger partial charge on any atom is -0.475 e. The van der Waals surface area contributed by atoms with Crippen LogP contribution < -0.4 is 10.5 Å². The highest BCUT2D eigenvalue weighted by molar-refractivity contribution is 5.93. The first-order valence-electron chi connectivity index (χ1n) is 7.75. The van der Waals surface area contributed by atoms with E-state index in [9.17, 15) is 13.6 Å². The van der Waals surface area contributed by atoms with Gasteiger partial charge in [-0.05, 0) is 12.1 Å². The standard InChI is InChI=1S/C17H15F2N5O2/c18-4-1-5-26-17-12(19)6-11(8-23-17)13-9-22-16-15(24-13)10(7-21-16)2-3-14(20)25/h2-3,6-9H,1,4-5H2,(H2,20,25)(H,21,22). The topological polar surface area (TPSA) is 107 Å². The van der Waals surface area contributed by atoms with Crippen LogP contribution in [0.25, 0.3) is 28.5 Å². The van der Waals surface area contributed by atoms with E-state index < -0.39 is 18.4 Å². The Morgan fingerprint density at radius 1 is 1.35 bits per heavy atom. The molecule has 3 rings (SSSR count). The Balaban J connectivity index is 1.91. The van der Waals surface area contributed by atoms with Crippen LogP contribution in [0, 0.1) is 5.82 Å². The van der Waals surface area contributed by atoms with Crippen molar-refractivity contribution in [3.05, 3.63) is 42.1 Å². The second kappa shape index (κ2) is 7.68. The van der Waals surface area contributed by atoms with Crippen molar-refractivity contribution in [2.45, 2.75) is 6.42 Å². The monoisotopic (exact) mass is 359 g/mol. The van der Waals surface area contributed by atoms with Crippen molar-refractivity contribution >= 4 is 23.1 Å². The van der Waals surface area contributed by atoms with Crippen LogP contribution in [0.1, 0.15) is 12.0 Å². The van der Waals surface area contributed by atoms with Gasteiger partial charge < -0.3 is 15.5 Å². The largest absolute Gasteiger partial charge is 0.475 e. The Morgan fingerprint density at radius 3 is 2.92 bits per heavy atom. The molecule has 0 aliphatic heterocycles. The molecule has 7 nitrogen and oxygen atoms in total. The number of alkyl halides is 1. The lowest BCUT2D eigenvalue weighted by atomic mass is 10.2. The fourth-order valence-electron chi connectivity index (χ4n) is 2.24. The molecule has 3 aromatic rings. The molecule has 3 aromatic heterocycles. The summed E-state index contributed by atoms with van der Waals surface area (Å²) in [5.74, 6) is -1.45. The number of halogens is 2. The van der Waals surface area contributed by atoms with Crippen LogP contribution in [0.3, 0.4) is 0 Å². The molecule has 0 fully saturated rings. The summed E-state index contributed by atoms with van der Waals surface area (Å²) in [5, 5.41) is 0. The van der Waals surface area contributed by atoms with Crippen molar-refractivity contribution < 1.29 is 18.3 Å². The van der Waals surface area contributed by atoms with E-state index in [1.54, 1.807) is 6.20 Å². The van der Waals surface area contributed by atoms with Crippen molar-refractivity contribution in [3.8, 4) is 17.1 Å². The van der Waals surface area contributed by atoms with Gasteiger partial charge in [-0.15, -0.1) is 0 Å². The molecule has 0 saturated carbocycles. The molecule has 134 valence electrons. The minimum atomic E-state index is -0.675. The third-order valence-electron chi connectivity index (χ3n) is 3.46. The summed E-state index contributed by atoms with van der Waals surface area (Å²) in [7, 11) is 0. The molecule has 0 radical (unpaired) electrons. The zero-order chi connectivity index (χ0) is 18.5. The van der Waals surface area contributed by atoms with Gasteiger partial charge in [0, 0.05) is 36.0 Å². The van der Waals surface area contributed by atoms with Gasteiger partial charge in [0.05, 0.1) is 25.2 Å². The molecular formula is C17H15F2N5O2. The van der Waals surface area contributed by atoms with Crippen LogP contribution in [0.4, 0.5) is 8.78 Å². The predicted molar refractivity (Wildman–Crippen MR) is 91.4 cm³/mol. The number of amides is 1. The lowest BCUT2D eigenvalue weighted by Gasteiger charge is -2.06. The maximum atomic E-state index is 14.1. The first-order chi connectivity index (χ1) is 12.6. The molecule has 0 unspecified atom stereocenters. The zero-order valence-electron chi connectivity index (χ0n) is 13.6. The number of aromatic nitrogens is 4. The predicted octanol–water partition coefficient (Wildman–Crippen LogP) is 2.40. The molecule has 9 heteroatoms. The van der Waals surface area contributed by atoms with Gasteiger partial charge in [0.15, 0.2) is 11.5 Å². The smallest absolute Gasteiger partial charge is 0.250 e. The number of rotatable bonds is 7. The van der Waals surface area contributed by atoms with E-state index in [-0.39, 0.29) is 18.9 Å². The van der Waals surface area contributed by atoms with Crippen LogP contribution in [-0.4, -0.2) is 39.1 Å². The highest BCUT2D eigenvalue weighted by Crippen LogP contribution is 2.24. The fourth-order valence-corrected chi connectivity index (χ4v) is 2.24. The zero-order valence-corrected chi connectivity index (χ0v) is 13.6. The molecular weight excluding hydrogens is 344 g/mol. The van der Waals surface area contributed by atoms with Crippen molar-refractivity contribution in [2.24, 2.45) is 5.73 Å². The van der Waals surface area contributed by atoms with Crippen LogP contribution in [0.5, 0.6) is 5.88 Å². The first-order valence-corrected chi connectivity index (χ1v) is 7.75. The van der Waals surface area contributed by atoms with Gasteiger partial charge in [-0.1, -0.05) is 0 Å². The number of pyridine rings is 1. The van der Waals surface area contributed by atoms with Crippen LogP contribution in [-0.2, 0) is 4.79 Å². The maximum absolute atomic E-state index is 14.1. The average Bonchev–Trinajstić information content (AvgIpc) is 3.03. The molecule has 0 aliphatic rings. The van der Waals surface area contributed by atoms with Gasteiger partial charge in [-0.25, -0.2) is 19.3 Å². The summed E-state index contributed by atoms with van der Waals surface area (Å²) >= 11 is 0. The number of aromatic amines is 1. The summed E-state index contributed by atoms with van der Waals surface area (Å²) in [4.78, 5) is 26.4. The van der Waals surface area contributed by atoms with Gasteiger partial charge in [-0.3, -0.25) is 9.18 Å². The first kappa shape index (κ1) is 17.5. The number of hydrogen-bond donors (Lipinski definition) is 2. The fraction of sp³-hybridized carbons (Fsp3) is 0.176. The van der Waals surface area contributed by atoms with Gasteiger partial charge in [0.2, 0.25) is 11.8 Å². The van der Waals surface area contributed by atoms with Gasteiger partial charge in [0.25, 0.3) is 0 Å². The summed E-state index contributed by atoms with van der Waals surface area (Å²) in [6, 6.07) is 1.22. The van der Waals surface area contributed by atoms with E-state index in [0.717, 1.165) is 0 Å². The lowest BCUT2D eigenvalue weighted by Crippen LogP contribution is -2.05. The number of primary amides is 1. The molecule has 0 saturated heterocycles. The molecule has 3 heterocycles. The SMILES string of the molecule is NC(=O)C=Cc1c[nH]c2ncc(-c3cnc(OCCCF)c(F)c3)nc12. The molecule has 3 N–H and O–H groups in total. The van der Waals surface area contributed by atoms with Crippen LogP contribution >= 0.6 is 0 Å². The number of hydrogen-bond acceptors (Lipinski definition) is 5. The summed E-state index contributed by atoms with van der Waals surface area (Å²) in [6.45, 7) is -0.497. The summed E-state index contributed by atoms with van der Waals surface area (Å²) in [6.07, 6.45) is 7.40. The minimum absolute atomic E-state index is 0.0461. The quantitative estimate of drug-likeness (QED) is 0.498.